The van der Waals surface area contributed by atoms with Crippen LogP contribution in [0.3, 0.4) is 0 Å². The van der Waals surface area contributed by atoms with Crippen LogP contribution >= 0.6 is 0 Å². The molecule has 0 unspecified atom stereocenters. The van der Waals surface area contributed by atoms with Crippen molar-refractivity contribution in [2.24, 2.45) is 0 Å². The van der Waals surface area contributed by atoms with Crippen LogP contribution in [-0.2, 0) is 9.53 Å². The molecule has 0 radical (unpaired) electrons. The highest BCUT2D eigenvalue weighted by atomic mass is 16.5. The molecule has 1 aliphatic carbocycles. The number of rotatable bonds is 1. The number of nitrogens with zero attached hydrogens (tertiary/aromatic N) is 1. The lowest BCUT2D eigenvalue weighted by molar-refractivity contribution is -0.111. The average molecular weight is 203 g/mol. The lowest BCUT2D eigenvalue weighted by atomic mass is 9.90. The zero-order chi connectivity index (χ0) is 11.0. The molecule has 76 valence electrons. The van der Waals surface area contributed by atoms with E-state index in [1.54, 1.807) is 6.92 Å². The zero-order valence-electron chi connectivity index (χ0n) is 8.40. The molecule has 1 aromatic heterocycles. The van der Waals surface area contributed by atoms with Gasteiger partial charge in [-0.3, -0.25) is 14.6 Å². The van der Waals surface area contributed by atoms with Gasteiger partial charge in [-0.1, -0.05) is 0 Å². The standard InChI is InChI=1S/C11H9NO3/c1-6-9(13)10(14)7-3-4-12-5-8(7)11(6)15-2/h3-5H,1-2H3. The van der Waals surface area contributed by atoms with Crippen molar-refractivity contribution < 1.29 is 14.3 Å². The summed E-state index contributed by atoms with van der Waals surface area (Å²) >= 11 is 0. The van der Waals surface area contributed by atoms with Gasteiger partial charge in [0.15, 0.2) is 0 Å². The van der Waals surface area contributed by atoms with Crippen molar-refractivity contribution in [2.45, 2.75) is 6.92 Å². The molecule has 15 heavy (non-hydrogen) atoms. The first-order valence-corrected chi connectivity index (χ1v) is 4.45. The number of carbonyl (C=O) groups is 2. The molecular weight excluding hydrogens is 194 g/mol. The van der Waals surface area contributed by atoms with Gasteiger partial charge in [0.05, 0.1) is 7.11 Å². The molecule has 0 saturated heterocycles. The number of allylic oxidation sites excluding steroid dienone is 1. The Morgan fingerprint density at radius 3 is 2.60 bits per heavy atom. The second kappa shape index (κ2) is 3.31. The van der Waals surface area contributed by atoms with Crippen LogP contribution in [0.4, 0.5) is 0 Å². The van der Waals surface area contributed by atoms with Crippen LogP contribution in [0.15, 0.2) is 24.0 Å². The van der Waals surface area contributed by atoms with Crippen molar-refractivity contribution >= 4 is 17.3 Å². The first-order valence-electron chi connectivity index (χ1n) is 4.45. The number of hydrogen-bond donors (Lipinski definition) is 0. The molecule has 1 aliphatic rings. The summed E-state index contributed by atoms with van der Waals surface area (Å²) in [5, 5.41) is 0. The Morgan fingerprint density at radius 2 is 1.93 bits per heavy atom. The number of Topliss-reactive ketones (excluding diaryl/α,β-unsaturated/α-hetero) is 2. The van der Waals surface area contributed by atoms with Crippen molar-refractivity contribution in [3.8, 4) is 0 Å². The smallest absolute Gasteiger partial charge is 0.234 e. The molecule has 0 bridgehead atoms. The number of hydrogen-bond acceptors (Lipinski definition) is 4. The van der Waals surface area contributed by atoms with Gasteiger partial charge < -0.3 is 4.74 Å². The van der Waals surface area contributed by atoms with Crippen LogP contribution in [0.5, 0.6) is 0 Å². The van der Waals surface area contributed by atoms with Crippen LogP contribution < -0.4 is 0 Å². The highest BCUT2D eigenvalue weighted by Gasteiger charge is 2.30. The van der Waals surface area contributed by atoms with Gasteiger partial charge in [-0.25, -0.2) is 0 Å². The summed E-state index contributed by atoms with van der Waals surface area (Å²) in [5.74, 6) is -0.570. The second-order valence-electron chi connectivity index (χ2n) is 3.24. The van der Waals surface area contributed by atoms with Gasteiger partial charge in [0.2, 0.25) is 11.6 Å². The van der Waals surface area contributed by atoms with Crippen molar-refractivity contribution in [3.63, 3.8) is 0 Å². The second-order valence-corrected chi connectivity index (χ2v) is 3.24. The summed E-state index contributed by atoms with van der Waals surface area (Å²) < 4.78 is 5.12. The van der Waals surface area contributed by atoms with E-state index in [1.807, 2.05) is 0 Å². The Bertz CT molecular complexity index is 488. The summed E-state index contributed by atoms with van der Waals surface area (Å²) in [5.41, 5.74) is 1.28. The maximum absolute atomic E-state index is 11.6. The quantitative estimate of drug-likeness (QED) is 0.644. The monoisotopic (exact) mass is 203 g/mol. The number of ketones is 2. The predicted molar refractivity (Wildman–Crippen MR) is 53.2 cm³/mol. The molecule has 0 N–H and O–H groups in total. The van der Waals surface area contributed by atoms with E-state index in [1.165, 1.54) is 25.6 Å². The Balaban J connectivity index is 2.75. The number of aromatic nitrogens is 1. The molecule has 0 fully saturated rings. The summed E-state index contributed by atoms with van der Waals surface area (Å²) in [6, 6.07) is 1.53. The Labute approximate surface area is 86.6 Å². The van der Waals surface area contributed by atoms with Crippen molar-refractivity contribution in [3.05, 3.63) is 35.2 Å². The lowest BCUT2D eigenvalue weighted by Crippen LogP contribution is -2.23. The number of carbonyl (C=O) groups excluding carboxylic acids is 2. The van der Waals surface area contributed by atoms with Crippen molar-refractivity contribution in [2.75, 3.05) is 7.11 Å². The molecule has 0 saturated carbocycles. The number of ether oxygens (including phenoxy) is 1. The number of fused-ring (bicyclic) bond motifs is 1. The van der Waals surface area contributed by atoms with Crippen molar-refractivity contribution in [1.29, 1.82) is 0 Å². The summed E-state index contributed by atoms with van der Waals surface area (Å²) in [4.78, 5) is 27.1. The predicted octanol–water partition coefficient (Wildman–Crippen LogP) is 1.22. The van der Waals surface area contributed by atoms with Gasteiger partial charge >= 0.3 is 0 Å². The van der Waals surface area contributed by atoms with E-state index in [-0.39, 0.29) is 0 Å². The average Bonchev–Trinajstić information content (AvgIpc) is 2.27. The van der Waals surface area contributed by atoms with Crippen LogP contribution in [0.2, 0.25) is 0 Å². The van der Waals surface area contributed by atoms with Gasteiger partial charge in [-0.2, -0.15) is 0 Å². The summed E-state index contributed by atoms with van der Waals surface area (Å²) in [6.45, 7) is 1.58. The molecule has 0 aliphatic heterocycles. The molecular formula is C11H9NO3. The Morgan fingerprint density at radius 1 is 1.20 bits per heavy atom. The van der Waals surface area contributed by atoms with Gasteiger partial charge in [0.25, 0.3) is 0 Å². The van der Waals surface area contributed by atoms with Crippen molar-refractivity contribution in [1.82, 2.24) is 4.98 Å². The SMILES string of the molecule is COC1=C(C)C(=O)C(=O)c2ccncc21. The van der Waals surface area contributed by atoms with Gasteiger partial charge in [-0.15, -0.1) is 0 Å². The fourth-order valence-electron chi connectivity index (χ4n) is 1.63. The minimum Gasteiger partial charge on any atom is -0.496 e. The minimum absolute atomic E-state index is 0.336. The van der Waals surface area contributed by atoms with Gasteiger partial charge in [0, 0.05) is 29.1 Å². The largest absolute Gasteiger partial charge is 0.496 e. The first kappa shape index (κ1) is 9.58. The summed E-state index contributed by atoms with van der Waals surface area (Å²) in [6.07, 6.45) is 3.01. The molecule has 1 aromatic rings. The highest BCUT2D eigenvalue weighted by molar-refractivity contribution is 6.52. The fraction of sp³-hybridized carbons (Fsp3) is 0.182. The van der Waals surface area contributed by atoms with E-state index in [0.29, 0.717) is 22.5 Å². The fourth-order valence-corrected chi connectivity index (χ4v) is 1.63. The van der Waals surface area contributed by atoms with E-state index in [4.69, 9.17) is 4.74 Å². The molecule has 0 atom stereocenters. The van der Waals surface area contributed by atoms with E-state index in [9.17, 15) is 9.59 Å². The lowest BCUT2D eigenvalue weighted by Gasteiger charge is -2.17. The molecule has 4 nitrogen and oxygen atoms in total. The molecule has 4 heteroatoms. The minimum atomic E-state index is -0.509. The van der Waals surface area contributed by atoms with E-state index >= 15 is 0 Å². The molecule has 0 spiro atoms. The normalized spacial score (nSPS) is 15.3. The Hall–Kier alpha value is -1.97. The summed E-state index contributed by atoms with van der Waals surface area (Å²) in [7, 11) is 1.47. The maximum atomic E-state index is 11.6. The maximum Gasteiger partial charge on any atom is 0.234 e. The van der Waals surface area contributed by atoms with E-state index in [0.717, 1.165) is 0 Å². The first-order chi connectivity index (χ1) is 7.16. The molecule has 0 amide bonds. The van der Waals surface area contributed by atoms with E-state index in [2.05, 4.69) is 4.98 Å². The van der Waals surface area contributed by atoms with Crippen LogP contribution in [-0.4, -0.2) is 23.7 Å². The van der Waals surface area contributed by atoms with Crippen LogP contribution in [0.25, 0.3) is 5.76 Å². The van der Waals surface area contributed by atoms with Crippen LogP contribution in [0.1, 0.15) is 22.8 Å². The zero-order valence-corrected chi connectivity index (χ0v) is 8.40. The van der Waals surface area contributed by atoms with E-state index < -0.39 is 11.6 Å². The van der Waals surface area contributed by atoms with Gasteiger partial charge in [-0.05, 0) is 13.0 Å². The molecule has 2 rings (SSSR count). The Kier molecular flexibility index (Phi) is 2.11. The third kappa shape index (κ3) is 1.26. The van der Waals surface area contributed by atoms with Crippen LogP contribution in [0, 0.1) is 0 Å². The molecule has 0 aromatic carbocycles. The third-order valence-electron chi connectivity index (χ3n) is 2.40. The number of methoxy groups -OCH3 is 1. The highest BCUT2D eigenvalue weighted by Crippen LogP contribution is 2.28. The number of pyridine rings is 1. The third-order valence-corrected chi connectivity index (χ3v) is 2.40. The molecule has 1 heterocycles. The topological polar surface area (TPSA) is 56.3 Å². The van der Waals surface area contributed by atoms with Gasteiger partial charge in [0.1, 0.15) is 5.76 Å².